The van der Waals surface area contributed by atoms with Gasteiger partial charge in [-0.05, 0) is 5.56 Å². The molecule has 0 saturated heterocycles. The van der Waals surface area contributed by atoms with Gasteiger partial charge in [0.2, 0.25) is 0 Å². The third kappa shape index (κ3) is 5.41. The molecule has 132 valence electrons. The van der Waals surface area contributed by atoms with Crippen LogP contribution in [-0.2, 0) is 35.6 Å². The maximum absolute atomic E-state index is 12.1. The van der Waals surface area contributed by atoms with Crippen LogP contribution in [0.3, 0.4) is 0 Å². The Balaban J connectivity index is 3.01. The molecule has 1 aromatic rings. The van der Waals surface area contributed by atoms with Crippen LogP contribution >= 0.6 is 0 Å². The van der Waals surface area contributed by atoms with E-state index in [9.17, 15) is 22.8 Å². The minimum atomic E-state index is -3.82. The summed E-state index contributed by atoms with van der Waals surface area (Å²) in [5.41, 5.74) is 8.49. The molecule has 0 bridgehead atoms. The Labute approximate surface area is 138 Å². The van der Waals surface area contributed by atoms with Crippen LogP contribution in [0.25, 0.3) is 0 Å². The average Bonchev–Trinajstić information content (AvgIpc) is 2.44. The van der Waals surface area contributed by atoms with E-state index in [0.717, 1.165) is 6.26 Å². The fourth-order valence-electron chi connectivity index (χ4n) is 1.87. The van der Waals surface area contributed by atoms with Gasteiger partial charge in [0, 0.05) is 6.26 Å². The van der Waals surface area contributed by atoms with Crippen molar-refractivity contribution in [3.63, 3.8) is 0 Å². The van der Waals surface area contributed by atoms with Crippen molar-refractivity contribution in [2.45, 2.75) is 12.3 Å². The molecule has 5 N–H and O–H groups in total. The first-order chi connectivity index (χ1) is 10.9. The number of Topliss-reactive ketones (excluding diaryl/α,β-unsaturated/α-hetero) is 1. The number of carbonyl (C=O) groups is 3. The Bertz CT molecular complexity index is 729. The molecule has 0 aliphatic carbocycles. The van der Waals surface area contributed by atoms with E-state index in [1.54, 1.807) is 30.3 Å². The van der Waals surface area contributed by atoms with E-state index in [1.165, 1.54) is 0 Å². The Morgan fingerprint density at radius 2 is 1.75 bits per heavy atom. The van der Waals surface area contributed by atoms with Gasteiger partial charge in [0.1, 0.15) is 12.4 Å². The van der Waals surface area contributed by atoms with Gasteiger partial charge in [0.05, 0.1) is 0 Å². The summed E-state index contributed by atoms with van der Waals surface area (Å²) in [6.07, 6.45) is 0.757. The molecular formula is C14H18N2O7S. The summed E-state index contributed by atoms with van der Waals surface area (Å²) in [5.74, 6) is -7.64. The fourth-order valence-corrected chi connectivity index (χ4v) is 2.55. The van der Waals surface area contributed by atoms with Crippen molar-refractivity contribution < 1.29 is 32.6 Å². The molecule has 1 aromatic carbocycles. The van der Waals surface area contributed by atoms with Gasteiger partial charge in [0.25, 0.3) is 0 Å². The number of carboxylic acid groups (broad SMARTS) is 1. The first-order valence-electron chi connectivity index (χ1n) is 6.67. The lowest BCUT2D eigenvalue weighted by Gasteiger charge is -2.27. The monoisotopic (exact) mass is 358 g/mol. The average molecular weight is 358 g/mol. The molecule has 0 amide bonds. The van der Waals surface area contributed by atoms with Crippen molar-refractivity contribution in [2.75, 3.05) is 12.0 Å². The first-order valence-corrected chi connectivity index (χ1v) is 8.73. The van der Waals surface area contributed by atoms with E-state index in [4.69, 9.17) is 21.3 Å². The second-order valence-corrected chi connectivity index (χ2v) is 7.44. The molecule has 24 heavy (non-hydrogen) atoms. The summed E-state index contributed by atoms with van der Waals surface area (Å²) in [5, 5.41) is 9.03. The third-order valence-electron chi connectivity index (χ3n) is 3.03. The van der Waals surface area contributed by atoms with Gasteiger partial charge in [-0.25, -0.2) is 13.2 Å². The van der Waals surface area contributed by atoms with Crippen LogP contribution in [0.1, 0.15) is 5.56 Å². The maximum atomic E-state index is 12.1. The number of hydrogen-bond donors (Lipinski definition) is 3. The SMILES string of the molecule is CS(=O)(=O)CC(=O)C(C(=O)OCc1ccccc1)C(N)(N)C(=O)O. The van der Waals surface area contributed by atoms with E-state index in [-0.39, 0.29) is 6.61 Å². The van der Waals surface area contributed by atoms with Crippen LogP contribution in [0.5, 0.6) is 0 Å². The molecule has 1 unspecified atom stereocenters. The number of esters is 1. The molecule has 0 aromatic heterocycles. The van der Waals surface area contributed by atoms with Crippen LogP contribution < -0.4 is 11.5 Å². The van der Waals surface area contributed by atoms with Gasteiger partial charge >= 0.3 is 11.9 Å². The van der Waals surface area contributed by atoms with Gasteiger partial charge in [-0.1, -0.05) is 30.3 Å². The highest BCUT2D eigenvalue weighted by molar-refractivity contribution is 7.91. The lowest BCUT2D eigenvalue weighted by atomic mass is 9.90. The summed E-state index contributed by atoms with van der Waals surface area (Å²) in [6.45, 7) is -0.252. The highest BCUT2D eigenvalue weighted by atomic mass is 32.2. The number of ketones is 1. The quantitative estimate of drug-likeness (QED) is 0.289. The minimum absolute atomic E-state index is 0.252. The van der Waals surface area contributed by atoms with E-state index >= 15 is 0 Å². The predicted octanol–water partition coefficient (Wildman–Crippen LogP) is -1.34. The number of ether oxygens (including phenoxy) is 1. The van der Waals surface area contributed by atoms with E-state index in [0.29, 0.717) is 5.56 Å². The number of rotatable bonds is 8. The van der Waals surface area contributed by atoms with Crippen LogP contribution in [0.2, 0.25) is 0 Å². The zero-order valence-electron chi connectivity index (χ0n) is 12.8. The topological polar surface area (TPSA) is 167 Å². The largest absolute Gasteiger partial charge is 0.479 e. The molecular weight excluding hydrogens is 340 g/mol. The lowest BCUT2D eigenvalue weighted by molar-refractivity contribution is -0.163. The second-order valence-electron chi connectivity index (χ2n) is 5.30. The van der Waals surface area contributed by atoms with E-state index < -0.39 is 44.9 Å². The van der Waals surface area contributed by atoms with Crippen molar-refractivity contribution in [1.29, 1.82) is 0 Å². The number of hydrogen-bond acceptors (Lipinski definition) is 8. The van der Waals surface area contributed by atoms with Crippen molar-refractivity contribution >= 4 is 27.6 Å². The van der Waals surface area contributed by atoms with Crippen LogP contribution in [0.4, 0.5) is 0 Å². The molecule has 0 fully saturated rings. The zero-order valence-corrected chi connectivity index (χ0v) is 13.7. The number of sulfone groups is 1. The van der Waals surface area contributed by atoms with Gasteiger partial charge in [-0.2, -0.15) is 0 Å². The highest BCUT2D eigenvalue weighted by Gasteiger charge is 2.49. The molecule has 0 heterocycles. The number of aliphatic carboxylic acids is 1. The molecule has 0 spiro atoms. The first kappa shape index (κ1) is 19.7. The second kappa shape index (κ2) is 7.51. The standard InChI is InChI=1S/C14H18N2O7S/c1-24(21,22)8-10(17)11(14(15,16)13(19)20)12(18)23-7-9-5-3-2-4-6-9/h2-6,11H,7-8,15-16H2,1H3,(H,19,20). The number of benzene rings is 1. The smallest absolute Gasteiger partial charge is 0.339 e. The van der Waals surface area contributed by atoms with Crippen molar-refractivity contribution in [2.24, 2.45) is 17.4 Å². The highest BCUT2D eigenvalue weighted by Crippen LogP contribution is 2.16. The Morgan fingerprint density at radius 3 is 2.21 bits per heavy atom. The Kier molecular flexibility index (Phi) is 6.18. The van der Waals surface area contributed by atoms with Crippen LogP contribution in [-0.4, -0.2) is 48.9 Å². The minimum Gasteiger partial charge on any atom is -0.479 e. The van der Waals surface area contributed by atoms with Crippen LogP contribution in [0.15, 0.2) is 30.3 Å². The normalized spacial score (nSPS) is 13.1. The molecule has 9 nitrogen and oxygen atoms in total. The maximum Gasteiger partial charge on any atom is 0.339 e. The van der Waals surface area contributed by atoms with E-state index in [1.807, 2.05) is 0 Å². The summed E-state index contributed by atoms with van der Waals surface area (Å²) < 4.78 is 27.4. The van der Waals surface area contributed by atoms with Gasteiger partial charge in [-0.3, -0.25) is 9.59 Å². The molecule has 0 aliphatic rings. The summed E-state index contributed by atoms with van der Waals surface area (Å²) in [7, 11) is -3.82. The fraction of sp³-hybridized carbons (Fsp3) is 0.357. The third-order valence-corrected chi connectivity index (χ3v) is 3.84. The van der Waals surface area contributed by atoms with Crippen LogP contribution in [0, 0.1) is 5.92 Å². The molecule has 1 rings (SSSR count). The number of carbonyl (C=O) groups excluding carboxylic acids is 2. The number of carboxylic acids is 1. The van der Waals surface area contributed by atoms with Crippen molar-refractivity contribution in [3.8, 4) is 0 Å². The van der Waals surface area contributed by atoms with Gasteiger partial charge in [-0.15, -0.1) is 0 Å². The van der Waals surface area contributed by atoms with Crippen molar-refractivity contribution in [3.05, 3.63) is 35.9 Å². The Hall–Kier alpha value is -2.30. The molecule has 10 heteroatoms. The molecule has 1 atom stereocenters. The Morgan fingerprint density at radius 1 is 1.21 bits per heavy atom. The van der Waals surface area contributed by atoms with Gasteiger partial charge in [0.15, 0.2) is 27.2 Å². The zero-order chi connectivity index (χ0) is 18.5. The summed E-state index contributed by atoms with van der Waals surface area (Å²) >= 11 is 0. The molecule has 0 aliphatic heterocycles. The molecule has 0 radical (unpaired) electrons. The van der Waals surface area contributed by atoms with Crippen molar-refractivity contribution in [1.82, 2.24) is 0 Å². The van der Waals surface area contributed by atoms with Gasteiger partial charge < -0.3 is 21.3 Å². The summed E-state index contributed by atoms with van der Waals surface area (Å²) in [6, 6.07) is 8.37. The summed E-state index contributed by atoms with van der Waals surface area (Å²) in [4.78, 5) is 35.3. The molecule has 0 saturated carbocycles. The van der Waals surface area contributed by atoms with E-state index in [2.05, 4.69) is 0 Å². The lowest BCUT2D eigenvalue weighted by Crippen LogP contribution is -2.66. The predicted molar refractivity (Wildman–Crippen MR) is 83.2 cm³/mol. The number of nitrogens with two attached hydrogens (primary N) is 2.